The summed E-state index contributed by atoms with van der Waals surface area (Å²) in [6, 6.07) is 0. The first-order valence-electron chi connectivity index (χ1n) is 6.42. The van der Waals surface area contributed by atoms with Crippen LogP contribution in [0.1, 0.15) is 45.4 Å². The second-order valence-corrected chi connectivity index (χ2v) is 7.90. The highest BCUT2D eigenvalue weighted by atomic mass is 127. The van der Waals surface area contributed by atoms with E-state index in [1.165, 1.54) is 19.3 Å². The van der Waals surface area contributed by atoms with Crippen LogP contribution in [-0.2, 0) is 9.53 Å². The third-order valence-electron chi connectivity index (χ3n) is 4.74. The Labute approximate surface area is 111 Å². The normalized spacial score (nSPS) is 46.8. The molecule has 0 aromatic carbocycles. The van der Waals surface area contributed by atoms with Gasteiger partial charge in [-0.25, -0.2) is 0 Å². The summed E-state index contributed by atoms with van der Waals surface area (Å²) in [6.07, 6.45) is 7.48. The van der Waals surface area contributed by atoms with Gasteiger partial charge in [0.05, 0.1) is 5.41 Å². The molecule has 0 saturated heterocycles. The average Bonchev–Trinajstić information content (AvgIpc) is 2.13. The van der Waals surface area contributed by atoms with Crippen LogP contribution in [0.2, 0.25) is 0 Å². The maximum Gasteiger partial charge on any atom is 0.313 e. The molecule has 0 amide bonds. The predicted molar refractivity (Wildman–Crippen MR) is 70.2 cm³/mol. The van der Waals surface area contributed by atoms with Crippen LogP contribution < -0.4 is 0 Å². The van der Waals surface area contributed by atoms with Crippen LogP contribution in [0.25, 0.3) is 0 Å². The second-order valence-electron chi connectivity index (χ2n) is 6.15. The van der Waals surface area contributed by atoms with E-state index in [2.05, 4.69) is 22.6 Å². The average molecular weight is 334 g/mol. The van der Waals surface area contributed by atoms with Crippen LogP contribution in [-0.4, -0.2) is 10.1 Å². The molecule has 0 radical (unpaired) electrons. The summed E-state index contributed by atoms with van der Waals surface area (Å²) in [7, 11) is 0. The molecule has 3 heteroatoms. The third-order valence-corrected chi connectivity index (χ3v) is 4.99. The number of ether oxygens (including phenoxy) is 1. The zero-order valence-corrected chi connectivity index (χ0v) is 11.9. The SMILES string of the molecule is C[C@H](I)OC(=O)C12CC3CC(CC(C3)C1)C2. The Morgan fingerprint density at radius 1 is 1.19 bits per heavy atom. The number of esters is 1. The van der Waals surface area contributed by atoms with Crippen molar-refractivity contribution >= 4 is 28.6 Å². The lowest BCUT2D eigenvalue weighted by Gasteiger charge is -2.55. The number of hydrogen-bond donors (Lipinski definition) is 0. The molecule has 4 rings (SSSR count). The minimum Gasteiger partial charge on any atom is -0.452 e. The molecular weight excluding hydrogens is 315 g/mol. The van der Waals surface area contributed by atoms with Crippen LogP contribution in [0.4, 0.5) is 0 Å². The highest BCUT2D eigenvalue weighted by Crippen LogP contribution is 2.60. The van der Waals surface area contributed by atoms with Gasteiger partial charge in [0.15, 0.2) is 0 Å². The predicted octanol–water partition coefficient (Wildman–Crippen LogP) is 3.53. The monoisotopic (exact) mass is 334 g/mol. The van der Waals surface area contributed by atoms with Gasteiger partial charge < -0.3 is 4.74 Å². The molecule has 0 N–H and O–H groups in total. The van der Waals surface area contributed by atoms with Gasteiger partial charge in [0, 0.05) is 0 Å². The molecule has 16 heavy (non-hydrogen) atoms. The Bertz CT molecular complexity index is 276. The Morgan fingerprint density at radius 3 is 2.00 bits per heavy atom. The Kier molecular flexibility index (Phi) is 2.72. The molecule has 1 atom stereocenters. The molecule has 0 aliphatic heterocycles. The van der Waals surface area contributed by atoms with Crippen molar-refractivity contribution in [1.29, 1.82) is 0 Å². The lowest BCUT2D eigenvalue weighted by Crippen LogP contribution is -2.50. The molecule has 0 spiro atoms. The summed E-state index contributed by atoms with van der Waals surface area (Å²) < 4.78 is 5.49. The maximum atomic E-state index is 12.3. The van der Waals surface area contributed by atoms with Crippen LogP contribution >= 0.6 is 22.6 Å². The van der Waals surface area contributed by atoms with Crippen molar-refractivity contribution in [3.05, 3.63) is 0 Å². The summed E-state index contributed by atoms with van der Waals surface area (Å²) in [5.74, 6) is 2.57. The molecule has 0 aromatic heterocycles. The summed E-state index contributed by atoms with van der Waals surface area (Å²) in [5, 5.41) is 0. The minimum atomic E-state index is -0.0752. The highest BCUT2D eigenvalue weighted by molar-refractivity contribution is 14.1. The topological polar surface area (TPSA) is 26.3 Å². The number of hydrogen-bond acceptors (Lipinski definition) is 2. The van der Waals surface area contributed by atoms with E-state index in [4.69, 9.17) is 4.74 Å². The fourth-order valence-electron chi connectivity index (χ4n) is 4.63. The lowest BCUT2D eigenvalue weighted by atomic mass is 9.49. The van der Waals surface area contributed by atoms with Gasteiger partial charge in [-0.2, -0.15) is 0 Å². The maximum absolute atomic E-state index is 12.3. The largest absolute Gasteiger partial charge is 0.452 e. The summed E-state index contributed by atoms with van der Waals surface area (Å²) in [4.78, 5) is 12.3. The van der Waals surface area contributed by atoms with E-state index in [1.54, 1.807) is 0 Å². The van der Waals surface area contributed by atoms with Gasteiger partial charge in [-0.05, 0) is 85.8 Å². The fourth-order valence-corrected chi connectivity index (χ4v) is 4.86. The standard InChI is InChI=1S/C13H19IO2/c1-8(14)16-12(15)13-5-9-2-10(6-13)4-11(3-9)7-13/h8-11H,2-7H2,1H3/t8-,9?,10?,11?,13?/m1/s1. The van der Waals surface area contributed by atoms with E-state index >= 15 is 0 Å². The van der Waals surface area contributed by atoms with Crippen LogP contribution in [0.15, 0.2) is 0 Å². The smallest absolute Gasteiger partial charge is 0.313 e. The van der Waals surface area contributed by atoms with E-state index in [1.807, 2.05) is 6.92 Å². The van der Waals surface area contributed by atoms with E-state index in [0.29, 0.717) is 0 Å². The fraction of sp³-hybridized carbons (Fsp3) is 0.923. The molecule has 4 aliphatic rings. The first-order chi connectivity index (χ1) is 7.57. The van der Waals surface area contributed by atoms with Gasteiger partial charge in [-0.15, -0.1) is 0 Å². The number of alkyl halides is 1. The van der Waals surface area contributed by atoms with Crippen molar-refractivity contribution in [3.8, 4) is 0 Å². The first kappa shape index (κ1) is 11.3. The van der Waals surface area contributed by atoms with Crippen molar-refractivity contribution in [3.63, 3.8) is 0 Å². The Morgan fingerprint density at radius 2 is 1.62 bits per heavy atom. The third kappa shape index (κ3) is 1.79. The summed E-state index contributed by atoms with van der Waals surface area (Å²) in [6.45, 7) is 1.94. The van der Waals surface area contributed by atoms with Crippen molar-refractivity contribution in [1.82, 2.24) is 0 Å². The molecule has 0 aromatic rings. The Balaban J connectivity index is 1.80. The summed E-state index contributed by atoms with van der Waals surface area (Å²) in [5.41, 5.74) is -0.0752. The van der Waals surface area contributed by atoms with Gasteiger partial charge in [0.1, 0.15) is 4.11 Å². The number of halogens is 1. The zero-order chi connectivity index (χ0) is 11.3. The minimum absolute atomic E-state index is 0.0121. The number of rotatable bonds is 2. The highest BCUT2D eigenvalue weighted by Gasteiger charge is 2.55. The van der Waals surface area contributed by atoms with Gasteiger partial charge in [0.25, 0.3) is 0 Å². The van der Waals surface area contributed by atoms with E-state index in [-0.39, 0.29) is 15.5 Å². The zero-order valence-electron chi connectivity index (χ0n) is 9.75. The summed E-state index contributed by atoms with van der Waals surface area (Å²) >= 11 is 2.17. The molecule has 4 fully saturated rings. The van der Waals surface area contributed by atoms with E-state index in [0.717, 1.165) is 37.0 Å². The molecule has 0 heterocycles. The van der Waals surface area contributed by atoms with Crippen molar-refractivity contribution < 1.29 is 9.53 Å². The lowest BCUT2D eigenvalue weighted by molar-refractivity contribution is -0.171. The number of carbonyl (C=O) groups excluding carboxylic acids is 1. The molecule has 2 nitrogen and oxygen atoms in total. The van der Waals surface area contributed by atoms with Crippen molar-refractivity contribution in [2.75, 3.05) is 0 Å². The quantitative estimate of drug-likeness (QED) is 0.439. The van der Waals surface area contributed by atoms with E-state index in [9.17, 15) is 4.79 Å². The first-order valence-corrected chi connectivity index (χ1v) is 7.67. The van der Waals surface area contributed by atoms with Gasteiger partial charge in [-0.1, -0.05) is 0 Å². The van der Waals surface area contributed by atoms with Gasteiger partial charge in [-0.3, -0.25) is 4.79 Å². The molecule has 90 valence electrons. The molecular formula is C13H19IO2. The molecule has 0 unspecified atom stereocenters. The van der Waals surface area contributed by atoms with Gasteiger partial charge in [0.2, 0.25) is 0 Å². The van der Waals surface area contributed by atoms with Crippen molar-refractivity contribution in [2.45, 2.75) is 49.6 Å². The molecule has 4 aliphatic carbocycles. The van der Waals surface area contributed by atoms with E-state index < -0.39 is 0 Å². The molecule has 4 saturated carbocycles. The van der Waals surface area contributed by atoms with Crippen molar-refractivity contribution in [2.24, 2.45) is 23.2 Å². The number of carbonyl (C=O) groups is 1. The van der Waals surface area contributed by atoms with Crippen LogP contribution in [0, 0.1) is 23.2 Å². The second kappa shape index (κ2) is 3.85. The van der Waals surface area contributed by atoms with Gasteiger partial charge >= 0.3 is 5.97 Å². The van der Waals surface area contributed by atoms with Crippen LogP contribution in [0.5, 0.6) is 0 Å². The Hall–Kier alpha value is 0.200. The van der Waals surface area contributed by atoms with Crippen LogP contribution in [0.3, 0.4) is 0 Å². The molecule has 4 bridgehead atoms.